The van der Waals surface area contributed by atoms with E-state index >= 15 is 0 Å². The van der Waals surface area contributed by atoms with Crippen LogP contribution in [0.4, 0.5) is 0 Å². The standard InChI is InChI=1S/C31H30O/c32-31(29(21-25-13-5-1-6-14-25)22-26-15-7-2-8-16-26)30(23-27-17-9-3-10-18-27)24-28-19-11-4-12-20-28/h1-20,29-30H,21-24H2. The molecule has 0 atom stereocenters. The lowest BCUT2D eigenvalue weighted by atomic mass is 9.79. The second kappa shape index (κ2) is 11.2. The molecule has 160 valence electrons. The number of hydrogen-bond donors (Lipinski definition) is 0. The van der Waals surface area contributed by atoms with Gasteiger partial charge in [0.25, 0.3) is 0 Å². The van der Waals surface area contributed by atoms with Crippen molar-refractivity contribution in [2.75, 3.05) is 0 Å². The number of carbonyl (C=O) groups is 1. The van der Waals surface area contributed by atoms with Crippen molar-refractivity contribution < 1.29 is 4.79 Å². The van der Waals surface area contributed by atoms with Gasteiger partial charge in [-0.2, -0.15) is 0 Å². The van der Waals surface area contributed by atoms with Gasteiger partial charge in [0.05, 0.1) is 0 Å². The van der Waals surface area contributed by atoms with Crippen LogP contribution < -0.4 is 0 Å². The molecule has 0 bridgehead atoms. The summed E-state index contributed by atoms with van der Waals surface area (Å²) in [4.78, 5) is 14.1. The van der Waals surface area contributed by atoms with Crippen LogP contribution in [0.15, 0.2) is 121 Å². The Morgan fingerprint density at radius 2 is 0.625 bits per heavy atom. The molecule has 0 aliphatic carbocycles. The van der Waals surface area contributed by atoms with E-state index in [9.17, 15) is 4.79 Å². The number of benzene rings is 4. The normalized spacial score (nSPS) is 11.1. The van der Waals surface area contributed by atoms with E-state index in [0.29, 0.717) is 5.78 Å². The first kappa shape index (κ1) is 21.8. The van der Waals surface area contributed by atoms with E-state index in [4.69, 9.17) is 0 Å². The highest BCUT2D eigenvalue weighted by Crippen LogP contribution is 2.24. The van der Waals surface area contributed by atoms with Crippen LogP contribution in [0.1, 0.15) is 22.3 Å². The van der Waals surface area contributed by atoms with E-state index in [1.807, 2.05) is 24.3 Å². The molecule has 0 unspecified atom stereocenters. The Bertz CT molecular complexity index is 900. The monoisotopic (exact) mass is 418 g/mol. The van der Waals surface area contributed by atoms with Crippen molar-refractivity contribution in [3.63, 3.8) is 0 Å². The number of Topliss-reactive ketones (excluding diaryl/α,β-unsaturated/α-hetero) is 1. The molecule has 0 heterocycles. The van der Waals surface area contributed by atoms with Crippen LogP contribution in [-0.2, 0) is 30.5 Å². The number of ketones is 1. The first-order valence-electron chi connectivity index (χ1n) is 11.5. The van der Waals surface area contributed by atoms with Crippen molar-refractivity contribution in [3.05, 3.63) is 144 Å². The highest BCUT2D eigenvalue weighted by molar-refractivity contribution is 5.84. The predicted molar refractivity (Wildman–Crippen MR) is 133 cm³/mol. The van der Waals surface area contributed by atoms with Crippen LogP contribution in [0.5, 0.6) is 0 Å². The van der Waals surface area contributed by atoms with Crippen LogP contribution in [0.25, 0.3) is 0 Å². The van der Waals surface area contributed by atoms with Crippen molar-refractivity contribution >= 4 is 5.78 Å². The molecular formula is C31H30O. The fraction of sp³-hybridized carbons (Fsp3) is 0.194. The first-order chi connectivity index (χ1) is 15.8. The molecule has 0 saturated heterocycles. The lowest BCUT2D eigenvalue weighted by molar-refractivity contribution is -0.126. The van der Waals surface area contributed by atoms with Gasteiger partial charge in [-0.15, -0.1) is 0 Å². The second-order valence-electron chi connectivity index (χ2n) is 8.56. The van der Waals surface area contributed by atoms with Crippen LogP contribution in [-0.4, -0.2) is 5.78 Å². The van der Waals surface area contributed by atoms with E-state index in [1.165, 1.54) is 22.3 Å². The molecule has 0 aromatic heterocycles. The van der Waals surface area contributed by atoms with Crippen molar-refractivity contribution in [2.45, 2.75) is 25.7 Å². The van der Waals surface area contributed by atoms with Crippen LogP contribution in [0, 0.1) is 11.8 Å². The zero-order chi connectivity index (χ0) is 22.0. The summed E-state index contributed by atoms with van der Waals surface area (Å²) in [5.74, 6) is 0.278. The molecule has 0 aliphatic heterocycles. The maximum Gasteiger partial charge on any atom is 0.140 e. The lowest BCUT2D eigenvalue weighted by Crippen LogP contribution is -2.30. The Balaban J connectivity index is 1.62. The summed E-state index contributed by atoms with van der Waals surface area (Å²) < 4.78 is 0. The number of carbonyl (C=O) groups excluding carboxylic acids is 1. The number of rotatable bonds is 10. The van der Waals surface area contributed by atoms with E-state index in [2.05, 4.69) is 97.1 Å². The summed E-state index contributed by atoms with van der Waals surface area (Å²) in [5, 5.41) is 0. The van der Waals surface area contributed by atoms with E-state index < -0.39 is 0 Å². The van der Waals surface area contributed by atoms with Gasteiger partial charge in [-0.3, -0.25) is 4.79 Å². The zero-order valence-electron chi connectivity index (χ0n) is 18.4. The molecule has 4 aromatic rings. The minimum absolute atomic E-state index is 0.0442. The third-order valence-electron chi connectivity index (χ3n) is 6.10. The summed E-state index contributed by atoms with van der Waals surface area (Å²) in [6.45, 7) is 0. The summed E-state index contributed by atoms with van der Waals surface area (Å²) in [6, 6.07) is 41.7. The lowest BCUT2D eigenvalue weighted by Gasteiger charge is -2.23. The predicted octanol–water partition coefficient (Wildman–Crippen LogP) is 6.76. The molecule has 0 spiro atoms. The van der Waals surface area contributed by atoms with Gasteiger partial charge in [0.15, 0.2) is 0 Å². The molecule has 1 heteroatoms. The summed E-state index contributed by atoms with van der Waals surface area (Å²) in [5.41, 5.74) is 4.89. The molecule has 0 saturated carbocycles. The SMILES string of the molecule is O=C(C(Cc1ccccc1)Cc1ccccc1)C(Cc1ccccc1)Cc1ccccc1. The summed E-state index contributed by atoms with van der Waals surface area (Å²) in [6.07, 6.45) is 3.09. The maximum atomic E-state index is 14.1. The van der Waals surface area contributed by atoms with Crippen LogP contribution >= 0.6 is 0 Å². The Morgan fingerprint density at radius 3 is 0.844 bits per heavy atom. The molecule has 0 radical (unpaired) electrons. The van der Waals surface area contributed by atoms with Gasteiger partial charge in [0.1, 0.15) is 5.78 Å². The van der Waals surface area contributed by atoms with Crippen molar-refractivity contribution in [1.82, 2.24) is 0 Å². The van der Waals surface area contributed by atoms with Gasteiger partial charge in [0, 0.05) is 11.8 Å². The molecule has 0 N–H and O–H groups in total. The third kappa shape index (κ3) is 6.28. The highest BCUT2D eigenvalue weighted by Gasteiger charge is 2.28. The average Bonchev–Trinajstić information content (AvgIpc) is 2.85. The Hall–Kier alpha value is -3.45. The van der Waals surface area contributed by atoms with E-state index in [0.717, 1.165) is 25.7 Å². The Kier molecular flexibility index (Phi) is 7.65. The second-order valence-corrected chi connectivity index (χ2v) is 8.56. The van der Waals surface area contributed by atoms with Gasteiger partial charge in [-0.25, -0.2) is 0 Å². The molecule has 0 aliphatic rings. The average molecular weight is 419 g/mol. The maximum absolute atomic E-state index is 14.1. The molecule has 4 rings (SSSR count). The molecule has 1 nitrogen and oxygen atoms in total. The van der Waals surface area contributed by atoms with Gasteiger partial charge in [0.2, 0.25) is 0 Å². The van der Waals surface area contributed by atoms with Gasteiger partial charge in [-0.05, 0) is 47.9 Å². The quantitative estimate of drug-likeness (QED) is 0.278. The zero-order valence-corrected chi connectivity index (χ0v) is 18.4. The van der Waals surface area contributed by atoms with Crippen molar-refractivity contribution in [2.24, 2.45) is 11.8 Å². The van der Waals surface area contributed by atoms with E-state index in [1.54, 1.807) is 0 Å². The molecule has 4 aromatic carbocycles. The third-order valence-corrected chi connectivity index (χ3v) is 6.10. The van der Waals surface area contributed by atoms with Crippen molar-refractivity contribution in [3.8, 4) is 0 Å². The number of hydrogen-bond acceptors (Lipinski definition) is 1. The van der Waals surface area contributed by atoms with Gasteiger partial charge in [-0.1, -0.05) is 121 Å². The largest absolute Gasteiger partial charge is 0.299 e. The molecular weight excluding hydrogens is 388 g/mol. The van der Waals surface area contributed by atoms with E-state index in [-0.39, 0.29) is 11.8 Å². The Labute approximate surface area is 191 Å². The fourth-order valence-electron chi connectivity index (χ4n) is 4.47. The molecule has 32 heavy (non-hydrogen) atoms. The molecule has 0 amide bonds. The molecule has 0 fully saturated rings. The Morgan fingerprint density at radius 1 is 0.406 bits per heavy atom. The minimum atomic E-state index is -0.0442. The topological polar surface area (TPSA) is 17.1 Å². The van der Waals surface area contributed by atoms with Gasteiger partial charge < -0.3 is 0 Å². The smallest absolute Gasteiger partial charge is 0.140 e. The van der Waals surface area contributed by atoms with Crippen LogP contribution in [0.2, 0.25) is 0 Å². The summed E-state index contributed by atoms with van der Waals surface area (Å²) >= 11 is 0. The minimum Gasteiger partial charge on any atom is -0.299 e. The summed E-state index contributed by atoms with van der Waals surface area (Å²) in [7, 11) is 0. The first-order valence-corrected chi connectivity index (χ1v) is 11.5. The fourth-order valence-corrected chi connectivity index (χ4v) is 4.47. The van der Waals surface area contributed by atoms with Crippen molar-refractivity contribution in [1.29, 1.82) is 0 Å². The highest BCUT2D eigenvalue weighted by atomic mass is 16.1. The van der Waals surface area contributed by atoms with Crippen LogP contribution in [0.3, 0.4) is 0 Å². The van der Waals surface area contributed by atoms with Gasteiger partial charge >= 0.3 is 0 Å².